The zero-order valence-corrected chi connectivity index (χ0v) is 16.7. The summed E-state index contributed by atoms with van der Waals surface area (Å²) in [6.45, 7) is 6.47. The number of imidazole rings is 1. The first-order valence-electron chi connectivity index (χ1n) is 8.42. The van der Waals surface area contributed by atoms with Crippen molar-refractivity contribution in [2.24, 2.45) is 17.8 Å². The zero-order valence-electron chi connectivity index (χ0n) is 15.1. The van der Waals surface area contributed by atoms with Gasteiger partial charge in [0.1, 0.15) is 17.7 Å². The molecular formula is C18H22ClFN2O3S. The Hall–Kier alpha value is -1.44. The van der Waals surface area contributed by atoms with Crippen molar-refractivity contribution < 1.29 is 17.5 Å². The second-order valence-electron chi connectivity index (χ2n) is 7.08. The Labute approximate surface area is 157 Å². The molecule has 142 valence electrons. The first-order chi connectivity index (χ1) is 12.1. The number of hydrogen-bond acceptors (Lipinski definition) is 4. The average molecular weight is 401 g/mol. The van der Waals surface area contributed by atoms with E-state index >= 15 is 0 Å². The minimum absolute atomic E-state index is 0.0177. The van der Waals surface area contributed by atoms with Crippen LogP contribution in [-0.2, 0) is 14.6 Å². The van der Waals surface area contributed by atoms with E-state index in [1.54, 1.807) is 13.0 Å². The van der Waals surface area contributed by atoms with Crippen LogP contribution in [0.2, 0.25) is 5.02 Å². The average Bonchev–Trinajstić information content (AvgIpc) is 2.93. The first kappa shape index (κ1) is 19.3. The Morgan fingerprint density at radius 2 is 2.00 bits per heavy atom. The molecule has 1 fully saturated rings. The molecule has 0 saturated heterocycles. The minimum atomic E-state index is -3.44. The van der Waals surface area contributed by atoms with E-state index in [4.69, 9.17) is 16.3 Å². The van der Waals surface area contributed by atoms with Crippen LogP contribution in [0.25, 0.3) is 0 Å². The summed E-state index contributed by atoms with van der Waals surface area (Å²) in [5.74, 6) is 1.45. The van der Waals surface area contributed by atoms with E-state index in [0.717, 1.165) is 6.26 Å². The lowest BCUT2D eigenvalue weighted by Gasteiger charge is -2.17. The molecule has 26 heavy (non-hydrogen) atoms. The van der Waals surface area contributed by atoms with Crippen molar-refractivity contribution in [3.05, 3.63) is 46.1 Å². The maximum atomic E-state index is 13.5. The van der Waals surface area contributed by atoms with Crippen molar-refractivity contribution in [3.8, 4) is 0 Å². The minimum Gasteiger partial charge on any atom is -0.365 e. The summed E-state index contributed by atoms with van der Waals surface area (Å²) in [7, 11) is -3.44. The van der Waals surface area contributed by atoms with Crippen LogP contribution in [0.3, 0.4) is 0 Å². The second kappa shape index (κ2) is 6.94. The number of nitrogens with one attached hydrogen (secondary N) is 1. The van der Waals surface area contributed by atoms with Crippen LogP contribution < -0.4 is 0 Å². The van der Waals surface area contributed by atoms with Gasteiger partial charge in [-0.3, -0.25) is 0 Å². The van der Waals surface area contributed by atoms with Crippen molar-refractivity contribution in [1.29, 1.82) is 0 Å². The van der Waals surface area contributed by atoms with Gasteiger partial charge in [-0.15, -0.1) is 0 Å². The molecule has 1 unspecified atom stereocenters. The number of hydrogen-bond donors (Lipinski definition) is 1. The molecule has 1 heterocycles. The topological polar surface area (TPSA) is 72.0 Å². The highest BCUT2D eigenvalue weighted by Gasteiger charge is 2.43. The molecule has 1 aliphatic carbocycles. The summed E-state index contributed by atoms with van der Waals surface area (Å²) in [4.78, 5) is 7.21. The number of halogens is 2. The van der Waals surface area contributed by atoms with Crippen molar-refractivity contribution in [2.45, 2.75) is 31.9 Å². The molecule has 0 radical (unpaired) electrons. The summed E-state index contributed by atoms with van der Waals surface area (Å²) in [6, 6.07) is 4.33. The number of benzene rings is 1. The molecule has 8 heteroatoms. The third-order valence-electron chi connectivity index (χ3n) is 5.22. The smallest absolute Gasteiger partial charge is 0.192 e. The predicted molar refractivity (Wildman–Crippen MR) is 97.5 cm³/mol. The van der Waals surface area contributed by atoms with Crippen molar-refractivity contribution in [2.75, 3.05) is 12.9 Å². The number of H-pyrrole nitrogens is 1. The number of sulfone groups is 1. The van der Waals surface area contributed by atoms with E-state index in [-0.39, 0.29) is 10.0 Å². The molecule has 1 aromatic carbocycles. The van der Waals surface area contributed by atoms with E-state index in [2.05, 4.69) is 23.8 Å². The summed E-state index contributed by atoms with van der Waals surface area (Å²) in [5, 5.41) is 0.0401. The lowest BCUT2D eigenvalue weighted by Crippen LogP contribution is -2.11. The maximum Gasteiger partial charge on any atom is 0.192 e. The van der Waals surface area contributed by atoms with E-state index in [1.165, 1.54) is 12.1 Å². The van der Waals surface area contributed by atoms with E-state index in [1.807, 2.05) is 0 Å². The third kappa shape index (κ3) is 3.80. The van der Waals surface area contributed by atoms with Gasteiger partial charge in [0.25, 0.3) is 0 Å². The van der Waals surface area contributed by atoms with Crippen LogP contribution in [0.4, 0.5) is 4.39 Å². The summed E-state index contributed by atoms with van der Waals surface area (Å²) >= 11 is 5.92. The quantitative estimate of drug-likeness (QED) is 0.797. The Morgan fingerprint density at radius 1 is 1.35 bits per heavy atom. The molecule has 1 aliphatic rings. The lowest BCUT2D eigenvalue weighted by atomic mass is 10.1. The van der Waals surface area contributed by atoms with Gasteiger partial charge in [0.15, 0.2) is 14.9 Å². The van der Waals surface area contributed by atoms with Crippen LogP contribution in [-0.4, -0.2) is 31.2 Å². The highest BCUT2D eigenvalue weighted by atomic mass is 35.5. The number of rotatable bonds is 6. The van der Waals surface area contributed by atoms with E-state index in [9.17, 15) is 12.8 Å². The number of aromatic amines is 1. The van der Waals surface area contributed by atoms with Gasteiger partial charge < -0.3 is 9.72 Å². The fourth-order valence-electron chi connectivity index (χ4n) is 3.24. The molecule has 5 nitrogen and oxygen atoms in total. The summed E-state index contributed by atoms with van der Waals surface area (Å²) in [6.07, 6.45) is 0.470. The van der Waals surface area contributed by atoms with Crippen molar-refractivity contribution >= 4 is 21.4 Å². The molecule has 1 aromatic heterocycles. The molecule has 0 spiro atoms. The van der Waals surface area contributed by atoms with Gasteiger partial charge in [-0.25, -0.2) is 17.8 Å². The fraction of sp³-hybridized carbons (Fsp3) is 0.500. The van der Waals surface area contributed by atoms with Crippen LogP contribution in [0.5, 0.6) is 0 Å². The third-order valence-corrected chi connectivity index (χ3v) is 6.65. The van der Waals surface area contributed by atoms with Gasteiger partial charge in [0.05, 0.1) is 17.3 Å². The van der Waals surface area contributed by atoms with Gasteiger partial charge in [-0.1, -0.05) is 31.5 Å². The number of ether oxygens (including phenoxy) is 1. The predicted octanol–water partition coefficient (Wildman–Crippen LogP) is 3.92. The largest absolute Gasteiger partial charge is 0.365 e. The van der Waals surface area contributed by atoms with Crippen LogP contribution in [0.1, 0.15) is 37.0 Å². The first-order valence-corrected chi connectivity index (χ1v) is 10.7. The number of aromatic nitrogens is 2. The monoisotopic (exact) mass is 400 g/mol. The zero-order chi connectivity index (χ0) is 19.2. The van der Waals surface area contributed by atoms with Crippen molar-refractivity contribution in [3.63, 3.8) is 0 Å². The lowest BCUT2D eigenvalue weighted by molar-refractivity contribution is 0.0624. The highest BCUT2D eigenvalue weighted by molar-refractivity contribution is 7.90. The van der Waals surface area contributed by atoms with E-state index < -0.39 is 21.8 Å². The molecule has 0 amide bonds. The van der Waals surface area contributed by atoms with Gasteiger partial charge in [-0.2, -0.15) is 0 Å². The van der Waals surface area contributed by atoms with E-state index in [0.29, 0.717) is 41.4 Å². The molecular weight excluding hydrogens is 379 g/mol. The van der Waals surface area contributed by atoms with Crippen LogP contribution >= 0.6 is 11.6 Å². The maximum absolute atomic E-state index is 13.5. The van der Waals surface area contributed by atoms with Gasteiger partial charge in [-0.05, 0) is 42.4 Å². The van der Waals surface area contributed by atoms with Crippen LogP contribution in [0.15, 0.2) is 23.2 Å². The summed E-state index contributed by atoms with van der Waals surface area (Å²) in [5.41, 5.74) is 0.989. The van der Waals surface area contributed by atoms with Gasteiger partial charge >= 0.3 is 0 Å². The SMILES string of the molecule is Cc1nc(C(OCC2[C@H](C)[C@H]2C)c2ccc(F)c(Cl)c2)[nH]c1S(C)(=O)=O. The Kier molecular flexibility index (Phi) is 5.16. The molecule has 0 aliphatic heterocycles. The van der Waals surface area contributed by atoms with Crippen LogP contribution in [0, 0.1) is 30.5 Å². The fourth-order valence-corrected chi connectivity index (χ4v) is 4.30. The van der Waals surface area contributed by atoms with Gasteiger partial charge in [0, 0.05) is 6.26 Å². The number of aryl methyl sites for hydroxylation is 1. The molecule has 0 bridgehead atoms. The second-order valence-corrected chi connectivity index (χ2v) is 9.44. The molecule has 3 atom stereocenters. The standard InChI is InChI=1S/C18H22ClFN2O3S/c1-9-10(2)13(9)8-25-16(12-5-6-15(20)14(19)7-12)17-21-11(3)18(22-17)26(4,23)24/h5-7,9-10,13,16H,8H2,1-4H3,(H,21,22)/t9-,10-,16?/m1/s1. The molecule has 1 saturated carbocycles. The molecule has 3 rings (SSSR count). The van der Waals surface area contributed by atoms with Gasteiger partial charge in [0.2, 0.25) is 0 Å². The Bertz CT molecular complexity index is 921. The Morgan fingerprint density at radius 3 is 2.50 bits per heavy atom. The summed E-state index contributed by atoms with van der Waals surface area (Å²) < 4.78 is 43.4. The highest BCUT2D eigenvalue weighted by Crippen LogP contribution is 2.46. The molecule has 1 N–H and O–H groups in total. The number of nitrogens with zero attached hydrogens (tertiary/aromatic N) is 1. The molecule has 2 aromatic rings. The Balaban J connectivity index is 1.96. The normalized spacial score (nSPS) is 23.8. The van der Waals surface area contributed by atoms with Crippen molar-refractivity contribution in [1.82, 2.24) is 9.97 Å².